The van der Waals surface area contributed by atoms with E-state index in [1.165, 1.54) is 17.7 Å². The Morgan fingerprint density at radius 1 is 1.10 bits per heavy atom. The number of aryl methyl sites for hydroxylation is 1. The van der Waals surface area contributed by atoms with Crippen molar-refractivity contribution in [2.45, 2.75) is 25.8 Å². The summed E-state index contributed by atoms with van der Waals surface area (Å²) in [6.45, 7) is 3.89. The molecule has 0 amide bonds. The van der Waals surface area contributed by atoms with E-state index in [0.717, 1.165) is 12.0 Å². The van der Waals surface area contributed by atoms with E-state index in [2.05, 4.69) is 6.92 Å². The summed E-state index contributed by atoms with van der Waals surface area (Å²) in [6, 6.07) is 10.6. The monoisotopic (exact) mass is 311 g/mol. The van der Waals surface area contributed by atoms with Crippen molar-refractivity contribution in [2.24, 2.45) is 5.73 Å². The normalized spacial score (nSPS) is 14.1. The van der Waals surface area contributed by atoms with E-state index in [-0.39, 0.29) is 5.02 Å². The first-order chi connectivity index (χ1) is 9.36. The Kier molecular flexibility index (Phi) is 4.38. The number of benzene rings is 2. The predicted molar refractivity (Wildman–Crippen MR) is 82.9 cm³/mol. The van der Waals surface area contributed by atoms with E-state index < -0.39 is 11.4 Å². The first-order valence-corrected chi connectivity index (χ1v) is 7.15. The minimum atomic E-state index is -0.880. The second kappa shape index (κ2) is 5.72. The topological polar surface area (TPSA) is 26.0 Å². The fourth-order valence-electron chi connectivity index (χ4n) is 2.16. The van der Waals surface area contributed by atoms with Crippen molar-refractivity contribution in [1.82, 2.24) is 0 Å². The van der Waals surface area contributed by atoms with Crippen molar-refractivity contribution in [1.29, 1.82) is 0 Å². The molecule has 2 rings (SSSR count). The Balaban J connectivity index is 2.50. The Labute approximate surface area is 128 Å². The average Bonchev–Trinajstić information content (AvgIpc) is 2.42. The molecular weight excluding hydrogens is 296 g/mol. The Morgan fingerprint density at radius 3 is 2.25 bits per heavy atom. The van der Waals surface area contributed by atoms with E-state index in [1.54, 1.807) is 0 Å². The van der Waals surface area contributed by atoms with Gasteiger partial charge in [0.15, 0.2) is 0 Å². The van der Waals surface area contributed by atoms with Crippen molar-refractivity contribution in [3.8, 4) is 0 Å². The van der Waals surface area contributed by atoms with Crippen LogP contribution in [-0.4, -0.2) is 0 Å². The summed E-state index contributed by atoms with van der Waals surface area (Å²) in [7, 11) is 0. The summed E-state index contributed by atoms with van der Waals surface area (Å²) in [6.07, 6.45) is 0.956. The first-order valence-electron chi connectivity index (χ1n) is 6.39. The lowest BCUT2D eigenvalue weighted by Gasteiger charge is -2.27. The number of hydrogen-bond donors (Lipinski definition) is 1. The molecule has 0 fully saturated rings. The van der Waals surface area contributed by atoms with Gasteiger partial charge in [-0.3, -0.25) is 0 Å². The van der Waals surface area contributed by atoms with Crippen molar-refractivity contribution in [2.75, 3.05) is 0 Å². The van der Waals surface area contributed by atoms with Crippen molar-refractivity contribution < 1.29 is 4.39 Å². The first kappa shape index (κ1) is 15.3. The van der Waals surface area contributed by atoms with Crippen LogP contribution in [-0.2, 0) is 12.0 Å². The van der Waals surface area contributed by atoms with E-state index in [4.69, 9.17) is 28.9 Å². The molecule has 0 heterocycles. The Morgan fingerprint density at radius 2 is 1.70 bits per heavy atom. The van der Waals surface area contributed by atoms with Crippen LogP contribution >= 0.6 is 23.2 Å². The minimum Gasteiger partial charge on any atom is -0.318 e. The lowest BCUT2D eigenvalue weighted by molar-refractivity contribution is 0.582. The molecule has 106 valence electrons. The third-order valence-electron chi connectivity index (χ3n) is 3.53. The molecule has 0 saturated heterocycles. The van der Waals surface area contributed by atoms with Crippen LogP contribution < -0.4 is 5.73 Å². The summed E-state index contributed by atoms with van der Waals surface area (Å²) in [5, 5.41) is 0.358. The molecule has 1 unspecified atom stereocenters. The molecule has 1 nitrogen and oxygen atoms in total. The average molecular weight is 312 g/mol. The molecule has 0 aliphatic rings. The SMILES string of the molecule is CCc1ccc(C(C)(N)c2cc(F)c(Cl)cc2Cl)cc1. The molecule has 0 aliphatic heterocycles. The van der Waals surface area contributed by atoms with Crippen LogP contribution in [0.5, 0.6) is 0 Å². The third kappa shape index (κ3) is 2.83. The lowest BCUT2D eigenvalue weighted by atomic mass is 9.85. The van der Waals surface area contributed by atoms with Gasteiger partial charge in [-0.25, -0.2) is 4.39 Å². The van der Waals surface area contributed by atoms with E-state index in [9.17, 15) is 4.39 Å². The van der Waals surface area contributed by atoms with Gasteiger partial charge in [0, 0.05) is 5.02 Å². The predicted octanol–water partition coefficient (Wildman–Crippen LogP) is 4.92. The van der Waals surface area contributed by atoms with Crippen LogP contribution in [0.3, 0.4) is 0 Å². The number of nitrogens with two attached hydrogens (primary N) is 1. The maximum atomic E-state index is 13.7. The van der Waals surface area contributed by atoms with Crippen LogP contribution in [0.1, 0.15) is 30.5 Å². The van der Waals surface area contributed by atoms with Crippen LogP contribution in [0.4, 0.5) is 4.39 Å². The zero-order chi connectivity index (χ0) is 14.9. The van der Waals surface area contributed by atoms with Crippen LogP contribution in [0.15, 0.2) is 36.4 Å². The minimum absolute atomic E-state index is 0.00381. The summed E-state index contributed by atoms with van der Waals surface area (Å²) in [5.74, 6) is -0.520. The maximum absolute atomic E-state index is 13.7. The summed E-state index contributed by atoms with van der Waals surface area (Å²) in [4.78, 5) is 0. The molecule has 0 aromatic heterocycles. The van der Waals surface area contributed by atoms with E-state index in [0.29, 0.717) is 10.6 Å². The molecule has 1 atom stereocenters. The zero-order valence-electron chi connectivity index (χ0n) is 11.4. The molecule has 2 N–H and O–H groups in total. The molecular formula is C16H16Cl2FN. The molecule has 2 aromatic carbocycles. The van der Waals surface area contributed by atoms with Gasteiger partial charge in [-0.2, -0.15) is 0 Å². The van der Waals surface area contributed by atoms with Gasteiger partial charge < -0.3 is 5.73 Å². The second-order valence-electron chi connectivity index (χ2n) is 5.00. The fraction of sp³-hybridized carbons (Fsp3) is 0.250. The molecule has 20 heavy (non-hydrogen) atoms. The molecule has 0 radical (unpaired) electrons. The lowest BCUT2D eigenvalue weighted by Crippen LogP contribution is -2.34. The van der Waals surface area contributed by atoms with Gasteiger partial charge in [0.05, 0.1) is 10.6 Å². The van der Waals surface area contributed by atoms with Gasteiger partial charge in [0.25, 0.3) is 0 Å². The van der Waals surface area contributed by atoms with Crippen LogP contribution in [0.25, 0.3) is 0 Å². The van der Waals surface area contributed by atoms with Crippen molar-refractivity contribution in [3.63, 3.8) is 0 Å². The van der Waals surface area contributed by atoms with E-state index in [1.807, 2.05) is 31.2 Å². The highest BCUT2D eigenvalue weighted by Crippen LogP contribution is 2.34. The van der Waals surface area contributed by atoms with Gasteiger partial charge in [-0.05, 0) is 42.2 Å². The third-order valence-corrected chi connectivity index (χ3v) is 4.13. The molecule has 0 bridgehead atoms. The smallest absolute Gasteiger partial charge is 0.142 e. The standard InChI is InChI=1S/C16H16Cl2FN/c1-3-10-4-6-11(7-5-10)16(2,20)12-8-15(19)14(18)9-13(12)17/h4-9H,3,20H2,1-2H3. The van der Waals surface area contributed by atoms with Crippen molar-refractivity contribution in [3.05, 3.63) is 69.0 Å². The maximum Gasteiger partial charge on any atom is 0.142 e. The number of halogens is 3. The summed E-state index contributed by atoms with van der Waals surface area (Å²) in [5.41, 5.74) is 8.11. The Hall–Kier alpha value is -1.09. The second-order valence-corrected chi connectivity index (χ2v) is 5.81. The van der Waals surface area contributed by atoms with Gasteiger partial charge in [-0.15, -0.1) is 0 Å². The highest BCUT2D eigenvalue weighted by atomic mass is 35.5. The van der Waals surface area contributed by atoms with Crippen molar-refractivity contribution >= 4 is 23.2 Å². The molecule has 0 aliphatic carbocycles. The van der Waals surface area contributed by atoms with Gasteiger partial charge in [0.1, 0.15) is 5.82 Å². The molecule has 0 saturated carbocycles. The van der Waals surface area contributed by atoms with Crippen LogP contribution in [0.2, 0.25) is 10.0 Å². The number of rotatable bonds is 3. The fourth-order valence-corrected chi connectivity index (χ4v) is 2.74. The molecule has 0 spiro atoms. The molecule has 2 aromatic rings. The summed E-state index contributed by atoms with van der Waals surface area (Å²) >= 11 is 11.9. The largest absolute Gasteiger partial charge is 0.318 e. The molecule has 4 heteroatoms. The van der Waals surface area contributed by atoms with Crippen LogP contribution in [0, 0.1) is 5.82 Å². The zero-order valence-corrected chi connectivity index (χ0v) is 12.9. The Bertz CT molecular complexity index is 621. The van der Waals surface area contributed by atoms with E-state index >= 15 is 0 Å². The number of hydrogen-bond acceptors (Lipinski definition) is 1. The van der Waals surface area contributed by atoms with Gasteiger partial charge in [-0.1, -0.05) is 54.4 Å². The van der Waals surface area contributed by atoms with Gasteiger partial charge in [0.2, 0.25) is 0 Å². The quantitative estimate of drug-likeness (QED) is 0.800. The highest BCUT2D eigenvalue weighted by molar-refractivity contribution is 6.35. The van der Waals surface area contributed by atoms with Gasteiger partial charge >= 0.3 is 0 Å². The summed E-state index contributed by atoms with van der Waals surface area (Å²) < 4.78 is 13.7. The highest BCUT2D eigenvalue weighted by Gasteiger charge is 2.27.